The number of carbonyl (C=O) groups excluding carboxylic acids is 2. The van der Waals surface area contributed by atoms with E-state index in [-0.39, 0.29) is 22.5 Å². The summed E-state index contributed by atoms with van der Waals surface area (Å²) in [6.07, 6.45) is 1.31. The standard InChI is InChI=1S/C27H29Cl2F2N2O3P/c1-15-11-16(27(30,31)37)12-22-19(15)13-17(32(22)3)14-20-21(28)6-5-18(23(20)29)24(34)33-9-7-26(2,8-10-33)25(35)36-4/h5-6,11-13H,7-10,14,37H2,1-4H3. The Labute approximate surface area is 227 Å². The first-order valence-electron chi connectivity index (χ1n) is 11.9. The van der Waals surface area contributed by atoms with Crippen molar-refractivity contribution in [3.63, 3.8) is 0 Å². The van der Waals surface area contributed by atoms with Crippen LogP contribution in [0.2, 0.25) is 10.0 Å². The number of carbonyl (C=O) groups is 2. The van der Waals surface area contributed by atoms with Crippen molar-refractivity contribution in [2.75, 3.05) is 20.2 Å². The molecular weight excluding hydrogens is 540 g/mol. The van der Waals surface area contributed by atoms with E-state index >= 15 is 0 Å². The van der Waals surface area contributed by atoms with Gasteiger partial charge in [-0.15, -0.1) is 0 Å². The maximum atomic E-state index is 14.0. The Balaban J connectivity index is 1.64. The molecular formula is C27H29Cl2F2N2O3P. The lowest BCUT2D eigenvalue weighted by Crippen LogP contribution is -2.45. The van der Waals surface area contributed by atoms with E-state index in [0.717, 1.165) is 16.6 Å². The third-order valence-corrected chi connectivity index (χ3v) is 8.58. The smallest absolute Gasteiger partial charge is 0.311 e. The number of amides is 1. The van der Waals surface area contributed by atoms with Crippen LogP contribution in [0, 0.1) is 12.3 Å². The van der Waals surface area contributed by atoms with E-state index in [1.807, 2.05) is 24.6 Å². The van der Waals surface area contributed by atoms with Crippen molar-refractivity contribution in [1.29, 1.82) is 0 Å². The van der Waals surface area contributed by atoms with Gasteiger partial charge in [-0.1, -0.05) is 32.4 Å². The molecule has 5 nitrogen and oxygen atoms in total. The Morgan fingerprint density at radius 1 is 1.16 bits per heavy atom. The number of rotatable bonds is 5. The average Bonchev–Trinajstić information content (AvgIpc) is 3.16. The molecule has 10 heteroatoms. The summed E-state index contributed by atoms with van der Waals surface area (Å²) >= 11 is 13.3. The highest BCUT2D eigenvalue weighted by molar-refractivity contribution is 7.17. The molecule has 0 aliphatic carbocycles. The number of hydrogen-bond acceptors (Lipinski definition) is 3. The molecule has 198 valence electrons. The van der Waals surface area contributed by atoms with Crippen molar-refractivity contribution in [2.24, 2.45) is 12.5 Å². The van der Waals surface area contributed by atoms with E-state index in [9.17, 15) is 18.4 Å². The van der Waals surface area contributed by atoms with Crippen LogP contribution >= 0.6 is 32.4 Å². The molecule has 1 saturated heterocycles. The first-order valence-corrected chi connectivity index (χ1v) is 13.2. The number of halogens is 4. The van der Waals surface area contributed by atoms with Crippen LogP contribution in [-0.4, -0.2) is 41.5 Å². The van der Waals surface area contributed by atoms with E-state index in [1.54, 1.807) is 33.2 Å². The second-order valence-electron chi connectivity index (χ2n) is 9.95. The summed E-state index contributed by atoms with van der Waals surface area (Å²) in [6, 6.07) is 8.18. The summed E-state index contributed by atoms with van der Waals surface area (Å²) in [5.74, 6) is -0.500. The Hall–Kier alpha value is -2.21. The molecule has 3 aromatic rings. The number of ether oxygens (including phenoxy) is 1. The SMILES string of the molecule is COC(=O)C1(C)CCN(C(=O)c2ccc(Cl)c(Cc3cc4c(C)cc(C(F)(F)P)cc4n3C)c2Cl)CC1. The van der Waals surface area contributed by atoms with E-state index in [2.05, 4.69) is 0 Å². The summed E-state index contributed by atoms with van der Waals surface area (Å²) in [7, 11) is 4.76. The summed E-state index contributed by atoms with van der Waals surface area (Å²) < 4.78 is 34.7. The minimum Gasteiger partial charge on any atom is -0.469 e. The zero-order valence-electron chi connectivity index (χ0n) is 21.1. The molecule has 2 heterocycles. The van der Waals surface area contributed by atoms with Crippen LogP contribution in [0.3, 0.4) is 0 Å². The molecule has 1 fully saturated rings. The molecule has 0 N–H and O–H groups in total. The highest BCUT2D eigenvalue weighted by Gasteiger charge is 2.39. The number of esters is 1. The van der Waals surface area contributed by atoms with Gasteiger partial charge in [0.25, 0.3) is 11.6 Å². The Morgan fingerprint density at radius 3 is 2.41 bits per heavy atom. The topological polar surface area (TPSA) is 51.5 Å². The van der Waals surface area contributed by atoms with Crippen molar-refractivity contribution in [3.8, 4) is 0 Å². The van der Waals surface area contributed by atoms with Crippen LogP contribution in [0.4, 0.5) is 8.78 Å². The van der Waals surface area contributed by atoms with Gasteiger partial charge in [0.05, 0.1) is 23.1 Å². The summed E-state index contributed by atoms with van der Waals surface area (Å²) in [5, 5.41) is 1.53. The fourth-order valence-corrected chi connectivity index (χ4v) is 5.71. The molecule has 0 radical (unpaired) electrons. The van der Waals surface area contributed by atoms with E-state index in [0.29, 0.717) is 54.0 Å². The summed E-state index contributed by atoms with van der Waals surface area (Å²) in [4.78, 5) is 27.2. The number of benzene rings is 2. The highest BCUT2D eigenvalue weighted by atomic mass is 35.5. The van der Waals surface area contributed by atoms with Crippen LogP contribution < -0.4 is 0 Å². The van der Waals surface area contributed by atoms with E-state index in [1.165, 1.54) is 19.2 Å². The predicted octanol–water partition coefficient (Wildman–Crippen LogP) is 6.72. The second-order valence-corrected chi connectivity index (χ2v) is 11.5. The lowest BCUT2D eigenvalue weighted by Gasteiger charge is -2.37. The van der Waals surface area contributed by atoms with Gasteiger partial charge in [-0.3, -0.25) is 9.59 Å². The molecule has 1 amide bonds. The number of aromatic nitrogens is 1. The van der Waals surface area contributed by atoms with Gasteiger partial charge >= 0.3 is 5.97 Å². The quantitative estimate of drug-likeness (QED) is 0.253. The zero-order chi connectivity index (χ0) is 27.3. The molecule has 0 saturated carbocycles. The van der Waals surface area contributed by atoms with Gasteiger partial charge in [0.1, 0.15) is 0 Å². The number of hydrogen-bond donors (Lipinski definition) is 0. The van der Waals surface area contributed by atoms with Gasteiger partial charge in [0, 0.05) is 53.7 Å². The molecule has 0 spiro atoms. The van der Waals surface area contributed by atoms with E-state index in [4.69, 9.17) is 27.9 Å². The average molecular weight is 569 g/mol. The van der Waals surface area contributed by atoms with Crippen molar-refractivity contribution in [3.05, 3.63) is 68.3 Å². The molecule has 37 heavy (non-hydrogen) atoms. The summed E-state index contributed by atoms with van der Waals surface area (Å²) in [6.45, 7) is 4.46. The first kappa shape index (κ1) is 27.8. The minimum atomic E-state index is -3.03. The fourth-order valence-electron chi connectivity index (χ4n) is 4.96. The molecule has 4 rings (SSSR count). The predicted molar refractivity (Wildman–Crippen MR) is 146 cm³/mol. The van der Waals surface area contributed by atoms with Gasteiger partial charge in [0.15, 0.2) is 0 Å². The van der Waals surface area contributed by atoms with Crippen LogP contribution in [0.5, 0.6) is 0 Å². The maximum Gasteiger partial charge on any atom is 0.311 e. The van der Waals surface area contributed by atoms with E-state index < -0.39 is 11.1 Å². The molecule has 0 bridgehead atoms. The van der Waals surface area contributed by atoms with Crippen LogP contribution in [0.15, 0.2) is 30.3 Å². The van der Waals surface area contributed by atoms with Crippen molar-refractivity contribution < 1.29 is 23.1 Å². The number of alkyl halides is 2. The number of aryl methyl sites for hydroxylation is 2. The molecule has 2 aromatic carbocycles. The molecule has 1 atom stereocenters. The molecule has 1 aromatic heterocycles. The normalized spacial score (nSPS) is 15.8. The first-order chi connectivity index (χ1) is 17.3. The Kier molecular flexibility index (Phi) is 7.64. The van der Waals surface area contributed by atoms with Crippen LogP contribution in [0.1, 0.15) is 52.5 Å². The molecule has 1 aliphatic rings. The second kappa shape index (κ2) is 10.2. The number of likely N-dealkylation sites (tertiary alicyclic amines) is 1. The number of methoxy groups -OCH3 is 1. The lowest BCUT2D eigenvalue weighted by atomic mass is 9.80. The molecule has 1 unspecified atom stereocenters. The van der Waals surface area contributed by atoms with Gasteiger partial charge < -0.3 is 14.2 Å². The number of nitrogens with zero attached hydrogens (tertiary/aromatic N) is 2. The highest BCUT2D eigenvalue weighted by Crippen LogP contribution is 2.39. The van der Waals surface area contributed by atoms with Crippen LogP contribution in [-0.2, 0) is 28.7 Å². The van der Waals surface area contributed by atoms with Gasteiger partial charge in [0.2, 0.25) is 0 Å². The third-order valence-electron chi connectivity index (χ3n) is 7.46. The monoisotopic (exact) mass is 568 g/mol. The number of fused-ring (bicyclic) bond motifs is 1. The zero-order valence-corrected chi connectivity index (χ0v) is 23.8. The van der Waals surface area contributed by atoms with Crippen molar-refractivity contribution in [1.82, 2.24) is 9.47 Å². The van der Waals surface area contributed by atoms with Gasteiger partial charge in [-0.2, -0.15) is 8.78 Å². The Bertz CT molecular complexity index is 1390. The minimum absolute atomic E-state index is 0.0799. The largest absolute Gasteiger partial charge is 0.469 e. The molecule has 1 aliphatic heterocycles. The van der Waals surface area contributed by atoms with Gasteiger partial charge in [-0.05, 0) is 68.1 Å². The van der Waals surface area contributed by atoms with Crippen molar-refractivity contribution >= 4 is 55.2 Å². The summed E-state index contributed by atoms with van der Waals surface area (Å²) in [5.41, 5.74) is -0.573. The third kappa shape index (κ3) is 5.23. The fraction of sp³-hybridized carbons (Fsp3) is 0.407. The van der Waals surface area contributed by atoms with Crippen LogP contribution in [0.25, 0.3) is 10.9 Å². The maximum absolute atomic E-state index is 14.0. The van der Waals surface area contributed by atoms with Gasteiger partial charge in [-0.25, -0.2) is 0 Å². The Morgan fingerprint density at radius 2 is 1.81 bits per heavy atom. The number of piperidine rings is 1. The lowest BCUT2D eigenvalue weighted by molar-refractivity contribution is -0.154. The van der Waals surface area contributed by atoms with Crippen molar-refractivity contribution in [2.45, 2.75) is 38.8 Å².